The van der Waals surface area contributed by atoms with E-state index in [0.29, 0.717) is 6.54 Å². The van der Waals surface area contributed by atoms with Crippen molar-refractivity contribution in [3.05, 3.63) is 39.9 Å². The summed E-state index contributed by atoms with van der Waals surface area (Å²) in [6.07, 6.45) is 0. The largest absolute Gasteiger partial charge is 0.352 e. The molecule has 1 aromatic carbocycles. The fourth-order valence-electron chi connectivity index (χ4n) is 0.955. The first-order valence-corrected chi connectivity index (χ1v) is 4.09. The number of carbonyl (C=O) groups is 1. The number of nitro groups is 1. The van der Waals surface area contributed by atoms with Gasteiger partial charge in [0.1, 0.15) is 0 Å². The molecule has 0 spiro atoms. The Hall–Kier alpha value is -1.91. The van der Waals surface area contributed by atoms with Crippen molar-refractivity contribution in [3.63, 3.8) is 0 Å². The highest BCUT2D eigenvalue weighted by molar-refractivity contribution is 5.94. The summed E-state index contributed by atoms with van der Waals surface area (Å²) in [4.78, 5) is 21.1. The van der Waals surface area contributed by atoms with Gasteiger partial charge in [-0.05, 0) is 19.1 Å². The lowest BCUT2D eigenvalue weighted by Gasteiger charge is -2.00. The number of hydrogen-bond donors (Lipinski definition) is 1. The van der Waals surface area contributed by atoms with Crippen LogP contribution in [0.4, 0.5) is 5.69 Å². The Bertz CT molecular complexity index is 363. The molecule has 1 N–H and O–H groups in total. The molecule has 5 nitrogen and oxygen atoms in total. The number of amides is 1. The van der Waals surface area contributed by atoms with Crippen LogP contribution in [-0.4, -0.2) is 17.4 Å². The average Bonchev–Trinajstić information content (AvgIpc) is 2.18. The van der Waals surface area contributed by atoms with Gasteiger partial charge in [0.15, 0.2) is 0 Å². The van der Waals surface area contributed by atoms with Crippen LogP contribution < -0.4 is 5.32 Å². The van der Waals surface area contributed by atoms with Gasteiger partial charge in [-0.25, -0.2) is 0 Å². The summed E-state index contributed by atoms with van der Waals surface area (Å²) in [7, 11) is 0. The van der Waals surface area contributed by atoms with Gasteiger partial charge < -0.3 is 5.32 Å². The Labute approximate surface area is 80.9 Å². The molecule has 5 heteroatoms. The smallest absolute Gasteiger partial charge is 0.270 e. The second kappa shape index (κ2) is 4.36. The lowest BCUT2D eigenvalue weighted by molar-refractivity contribution is -0.384. The SMILES string of the molecule is CCNC(=O)c1[c]ccc([N+](=O)[O-])c1. The van der Waals surface area contributed by atoms with Gasteiger partial charge in [0.2, 0.25) is 0 Å². The van der Waals surface area contributed by atoms with Gasteiger partial charge in [-0.3, -0.25) is 14.9 Å². The third kappa shape index (κ3) is 2.29. The van der Waals surface area contributed by atoms with E-state index in [2.05, 4.69) is 11.4 Å². The number of rotatable bonds is 3. The molecule has 0 aromatic heterocycles. The van der Waals surface area contributed by atoms with Crippen LogP contribution in [-0.2, 0) is 0 Å². The number of non-ortho nitro benzene ring substituents is 1. The fraction of sp³-hybridized carbons (Fsp3) is 0.222. The molecule has 0 unspecified atom stereocenters. The van der Waals surface area contributed by atoms with E-state index in [1.54, 1.807) is 6.92 Å². The molecule has 1 aromatic rings. The maximum Gasteiger partial charge on any atom is 0.270 e. The fourth-order valence-corrected chi connectivity index (χ4v) is 0.955. The lowest BCUT2D eigenvalue weighted by Crippen LogP contribution is -2.22. The van der Waals surface area contributed by atoms with Crippen molar-refractivity contribution in [1.29, 1.82) is 0 Å². The van der Waals surface area contributed by atoms with Gasteiger partial charge in [-0.15, -0.1) is 0 Å². The second-order valence-corrected chi connectivity index (χ2v) is 2.58. The van der Waals surface area contributed by atoms with E-state index in [1.165, 1.54) is 18.2 Å². The Morgan fingerprint density at radius 2 is 2.43 bits per heavy atom. The van der Waals surface area contributed by atoms with Crippen molar-refractivity contribution in [2.75, 3.05) is 6.54 Å². The third-order valence-electron chi connectivity index (χ3n) is 1.58. The van der Waals surface area contributed by atoms with Gasteiger partial charge >= 0.3 is 0 Å². The standard InChI is InChI=1S/C9H9N2O3/c1-2-10-9(12)7-4-3-5-8(6-7)11(13)14/h3,5-6H,2H2,1H3,(H,10,12). The Balaban J connectivity index is 2.93. The van der Waals surface area contributed by atoms with E-state index >= 15 is 0 Å². The van der Waals surface area contributed by atoms with Gasteiger partial charge in [0.25, 0.3) is 11.6 Å². The summed E-state index contributed by atoms with van der Waals surface area (Å²) in [6.45, 7) is 2.25. The maximum absolute atomic E-state index is 11.3. The summed E-state index contributed by atoms with van der Waals surface area (Å²) in [5, 5.41) is 12.9. The molecule has 1 rings (SSSR count). The van der Waals surface area contributed by atoms with Crippen molar-refractivity contribution >= 4 is 11.6 Å². The van der Waals surface area contributed by atoms with Crippen molar-refractivity contribution in [3.8, 4) is 0 Å². The normalized spacial score (nSPS) is 9.50. The van der Waals surface area contributed by atoms with Crippen LogP contribution in [0.1, 0.15) is 17.3 Å². The minimum atomic E-state index is -0.545. The van der Waals surface area contributed by atoms with E-state index in [9.17, 15) is 14.9 Å². The second-order valence-electron chi connectivity index (χ2n) is 2.58. The number of nitro benzene ring substituents is 1. The van der Waals surface area contributed by atoms with Crippen LogP contribution in [0.2, 0.25) is 0 Å². The Kier molecular flexibility index (Phi) is 3.17. The summed E-state index contributed by atoms with van der Waals surface area (Å²) >= 11 is 0. The average molecular weight is 193 g/mol. The quantitative estimate of drug-likeness (QED) is 0.578. The van der Waals surface area contributed by atoms with Crippen molar-refractivity contribution in [1.82, 2.24) is 5.32 Å². The first-order chi connectivity index (χ1) is 6.65. The molecule has 0 saturated heterocycles. The van der Waals surface area contributed by atoms with E-state index < -0.39 is 4.92 Å². The van der Waals surface area contributed by atoms with Crippen molar-refractivity contribution in [2.24, 2.45) is 0 Å². The lowest BCUT2D eigenvalue weighted by atomic mass is 10.2. The van der Waals surface area contributed by atoms with E-state index in [0.717, 1.165) is 0 Å². The van der Waals surface area contributed by atoms with Gasteiger partial charge in [-0.1, -0.05) is 0 Å². The monoisotopic (exact) mass is 193 g/mol. The minimum Gasteiger partial charge on any atom is -0.352 e. The Morgan fingerprint density at radius 1 is 1.71 bits per heavy atom. The molecule has 0 bridgehead atoms. The molecule has 1 radical (unpaired) electrons. The third-order valence-corrected chi connectivity index (χ3v) is 1.58. The molecule has 0 aliphatic carbocycles. The van der Waals surface area contributed by atoms with Crippen LogP contribution in [0.15, 0.2) is 18.2 Å². The van der Waals surface area contributed by atoms with Crippen LogP contribution >= 0.6 is 0 Å². The summed E-state index contributed by atoms with van der Waals surface area (Å²) < 4.78 is 0. The summed E-state index contributed by atoms with van der Waals surface area (Å²) in [5.41, 5.74) is 0.0750. The Morgan fingerprint density at radius 3 is 3.00 bits per heavy atom. The predicted octanol–water partition coefficient (Wildman–Crippen LogP) is 1.14. The zero-order valence-corrected chi connectivity index (χ0v) is 7.61. The zero-order chi connectivity index (χ0) is 10.6. The zero-order valence-electron chi connectivity index (χ0n) is 7.61. The van der Waals surface area contributed by atoms with Gasteiger partial charge in [0, 0.05) is 18.7 Å². The van der Waals surface area contributed by atoms with Crippen molar-refractivity contribution < 1.29 is 9.72 Å². The van der Waals surface area contributed by atoms with Crippen LogP contribution in [0.25, 0.3) is 0 Å². The molecule has 1 amide bonds. The van der Waals surface area contributed by atoms with Crippen LogP contribution in [0.5, 0.6) is 0 Å². The number of hydrogen-bond acceptors (Lipinski definition) is 3. The van der Waals surface area contributed by atoms with E-state index in [4.69, 9.17) is 0 Å². The molecule has 0 saturated carbocycles. The molecule has 0 heterocycles. The topological polar surface area (TPSA) is 72.2 Å². The molecule has 14 heavy (non-hydrogen) atoms. The minimum absolute atomic E-state index is 0.106. The molecule has 73 valence electrons. The van der Waals surface area contributed by atoms with E-state index in [-0.39, 0.29) is 17.2 Å². The molecular weight excluding hydrogens is 184 g/mol. The molecule has 0 aliphatic rings. The highest BCUT2D eigenvalue weighted by atomic mass is 16.6. The summed E-state index contributed by atoms with van der Waals surface area (Å²) in [6, 6.07) is 6.49. The van der Waals surface area contributed by atoms with Crippen LogP contribution in [0.3, 0.4) is 0 Å². The number of nitrogens with zero attached hydrogens (tertiary/aromatic N) is 1. The maximum atomic E-state index is 11.3. The summed E-state index contributed by atoms with van der Waals surface area (Å²) in [5.74, 6) is -0.351. The predicted molar refractivity (Wildman–Crippen MR) is 49.9 cm³/mol. The number of carbonyl (C=O) groups excluding carboxylic acids is 1. The highest BCUT2D eigenvalue weighted by Gasteiger charge is 2.10. The van der Waals surface area contributed by atoms with Gasteiger partial charge in [-0.2, -0.15) is 0 Å². The molecular formula is C9H9N2O3. The highest BCUT2D eigenvalue weighted by Crippen LogP contribution is 2.12. The van der Waals surface area contributed by atoms with Gasteiger partial charge in [0.05, 0.1) is 10.5 Å². The molecule has 0 atom stereocenters. The van der Waals surface area contributed by atoms with Crippen molar-refractivity contribution in [2.45, 2.75) is 6.92 Å². The number of benzene rings is 1. The molecule has 0 aliphatic heterocycles. The number of nitrogens with one attached hydrogen (secondary N) is 1. The molecule has 0 fully saturated rings. The van der Waals surface area contributed by atoms with Crippen LogP contribution in [0, 0.1) is 16.2 Å². The first-order valence-electron chi connectivity index (χ1n) is 4.09. The van der Waals surface area contributed by atoms with E-state index in [1.807, 2.05) is 0 Å². The first kappa shape index (κ1) is 10.2.